The van der Waals surface area contributed by atoms with Gasteiger partial charge in [0.15, 0.2) is 0 Å². The number of benzene rings is 1. The Labute approximate surface area is 167 Å². The van der Waals surface area contributed by atoms with Gasteiger partial charge in [-0.2, -0.15) is 5.26 Å². The van der Waals surface area contributed by atoms with E-state index in [1.807, 2.05) is 21.0 Å². The van der Waals surface area contributed by atoms with E-state index in [1.54, 1.807) is 17.3 Å². The molecule has 1 aliphatic rings. The number of nitrogens with one attached hydrogen (secondary N) is 1. The van der Waals surface area contributed by atoms with Gasteiger partial charge in [-0.05, 0) is 18.9 Å². The Kier molecular flexibility index (Phi) is 7.69. The Morgan fingerprint density at radius 2 is 2.18 bits per heavy atom. The van der Waals surface area contributed by atoms with E-state index in [0.29, 0.717) is 34.9 Å². The molecule has 0 spiro atoms. The molecule has 1 aromatic carbocycles. The minimum atomic E-state index is -2.53. The van der Waals surface area contributed by atoms with Gasteiger partial charge in [-0.1, -0.05) is 0 Å². The van der Waals surface area contributed by atoms with E-state index in [2.05, 4.69) is 26.6 Å². The molecule has 0 aromatic heterocycles. The van der Waals surface area contributed by atoms with Gasteiger partial charge >= 0.3 is 0 Å². The number of nitrogens with zero attached hydrogens (tertiary/aromatic N) is 4. The summed E-state index contributed by atoms with van der Waals surface area (Å²) in [6.45, 7) is 6.20. The molecule has 1 atom stereocenters. The Morgan fingerprint density at radius 1 is 1.50 bits per heavy atom. The molecule has 9 heteroatoms. The van der Waals surface area contributed by atoms with Gasteiger partial charge in [0.05, 0.1) is 36.5 Å². The largest absolute Gasteiger partial charge is 0.490 e. The molecule has 0 bridgehead atoms. The van der Waals surface area contributed by atoms with Crippen LogP contribution in [0.2, 0.25) is 0 Å². The summed E-state index contributed by atoms with van der Waals surface area (Å²) in [6.07, 6.45) is 3.13. The Morgan fingerprint density at radius 3 is 2.75 bits per heavy atom. The van der Waals surface area contributed by atoms with Crippen LogP contribution in [-0.2, 0) is 14.4 Å². The fraction of sp³-hybridized carbons (Fsp3) is 0.526. The topological polar surface area (TPSA) is 90.2 Å². The first-order chi connectivity index (χ1) is 13.2. The van der Waals surface area contributed by atoms with Gasteiger partial charge in [0, 0.05) is 55.3 Å². The molecule has 28 heavy (non-hydrogen) atoms. The molecular weight excluding hydrogens is 378 g/mol. The summed E-state index contributed by atoms with van der Waals surface area (Å²) in [5.74, 6) is 4.17. The Hall–Kier alpha value is -2.28. The van der Waals surface area contributed by atoms with E-state index in [1.165, 1.54) is 6.26 Å². The predicted molar refractivity (Wildman–Crippen MR) is 115 cm³/mol. The van der Waals surface area contributed by atoms with Gasteiger partial charge in [0.25, 0.3) is 0 Å². The maximum Gasteiger partial charge on any atom is 0.147 e. The van der Waals surface area contributed by atoms with Crippen molar-refractivity contribution in [2.45, 2.75) is 6.92 Å². The van der Waals surface area contributed by atoms with Crippen molar-refractivity contribution in [3.05, 3.63) is 17.2 Å². The van der Waals surface area contributed by atoms with E-state index in [9.17, 15) is 9.47 Å². The highest BCUT2D eigenvalue weighted by atomic mass is 32.2. The highest BCUT2D eigenvalue weighted by Gasteiger charge is 2.18. The van der Waals surface area contributed by atoms with Crippen LogP contribution < -0.4 is 9.46 Å². The minimum absolute atomic E-state index is 0.427. The second kappa shape index (κ2) is 9.78. The van der Waals surface area contributed by atoms with Crippen molar-refractivity contribution in [3.8, 4) is 11.8 Å². The lowest BCUT2D eigenvalue weighted by atomic mass is 10.1. The molecule has 1 heterocycles. The second-order valence-corrected chi connectivity index (χ2v) is 9.22. The number of ether oxygens (including phenoxy) is 2. The monoisotopic (exact) mass is 407 g/mol. The molecular formula is C19H29N5O3S. The number of hydrogen-bond acceptors (Lipinski definition) is 6. The van der Waals surface area contributed by atoms with Crippen LogP contribution in [-0.4, -0.2) is 86.0 Å². The zero-order valence-electron chi connectivity index (χ0n) is 17.0. The molecule has 154 valence electrons. The van der Waals surface area contributed by atoms with Crippen molar-refractivity contribution in [1.82, 2.24) is 9.80 Å². The zero-order chi connectivity index (χ0) is 20.7. The van der Waals surface area contributed by atoms with Crippen LogP contribution in [0.3, 0.4) is 0 Å². The van der Waals surface area contributed by atoms with Crippen molar-refractivity contribution >= 4 is 33.3 Å². The van der Waals surface area contributed by atoms with E-state index >= 15 is 0 Å². The summed E-state index contributed by atoms with van der Waals surface area (Å²) < 4.78 is 26.6. The van der Waals surface area contributed by atoms with Crippen molar-refractivity contribution < 1.29 is 13.7 Å². The summed E-state index contributed by atoms with van der Waals surface area (Å²) in [7, 11) is 1.16. The number of rotatable bonds is 8. The van der Waals surface area contributed by atoms with Crippen molar-refractivity contribution in [3.63, 3.8) is 0 Å². The predicted octanol–water partition coefficient (Wildman–Crippen LogP) is 1.47. The van der Waals surface area contributed by atoms with Crippen LogP contribution in [0.1, 0.15) is 11.1 Å². The lowest BCUT2D eigenvalue weighted by Crippen LogP contribution is -2.38. The van der Waals surface area contributed by atoms with E-state index in [4.69, 9.17) is 9.47 Å². The standard InChI is InChI=1S/C19H29N5O3S/c1-15-16(13-20)17(21-14-23(2)3)12-18(22-28(4,5)25)19(15)27-11-8-24-6-9-26-10-7-24/h12,14H,4,6-11H2,1-3,5H3,(H,22,25). The molecule has 0 amide bonds. The number of morpholine rings is 1. The normalized spacial score (nSPS) is 17.1. The molecule has 1 N–H and O–H groups in total. The maximum atomic E-state index is 12.3. The lowest BCUT2D eigenvalue weighted by Gasteiger charge is -2.27. The van der Waals surface area contributed by atoms with Gasteiger partial charge in [0.1, 0.15) is 18.4 Å². The number of anilines is 1. The third kappa shape index (κ3) is 6.41. The molecule has 1 aromatic rings. The fourth-order valence-electron chi connectivity index (χ4n) is 2.80. The van der Waals surface area contributed by atoms with Gasteiger partial charge in [-0.3, -0.25) is 4.90 Å². The molecule has 8 nitrogen and oxygen atoms in total. The molecule has 1 fully saturated rings. The first-order valence-corrected chi connectivity index (χ1v) is 11.2. The first-order valence-electron chi connectivity index (χ1n) is 9.02. The van der Waals surface area contributed by atoms with Crippen molar-refractivity contribution in [2.75, 3.05) is 64.5 Å². The summed E-state index contributed by atoms with van der Waals surface area (Å²) >= 11 is 0. The number of aliphatic imine (C=N–C) groups is 1. The minimum Gasteiger partial charge on any atom is -0.490 e. The smallest absolute Gasteiger partial charge is 0.147 e. The zero-order valence-corrected chi connectivity index (χ0v) is 17.8. The van der Waals surface area contributed by atoms with E-state index in [-0.39, 0.29) is 0 Å². The third-order valence-electron chi connectivity index (χ3n) is 4.12. The molecule has 0 saturated carbocycles. The van der Waals surface area contributed by atoms with Crippen LogP contribution in [0, 0.1) is 18.3 Å². The Bertz CT molecular complexity index is 853. The van der Waals surface area contributed by atoms with Gasteiger partial charge < -0.3 is 19.1 Å². The highest BCUT2D eigenvalue weighted by Crippen LogP contribution is 2.38. The van der Waals surface area contributed by atoms with Crippen LogP contribution in [0.15, 0.2) is 11.1 Å². The lowest BCUT2D eigenvalue weighted by molar-refractivity contribution is 0.0322. The molecule has 0 aliphatic carbocycles. The number of nitriles is 1. The third-order valence-corrected chi connectivity index (χ3v) is 4.77. The van der Waals surface area contributed by atoms with Crippen molar-refractivity contribution in [1.29, 1.82) is 5.26 Å². The van der Waals surface area contributed by atoms with Gasteiger partial charge in [0.2, 0.25) is 0 Å². The van der Waals surface area contributed by atoms with Crippen LogP contribution in [0.4, 0.5) is 11.4 Å². The average Bonchev–Trinajstić information content (AvgIpc) is 2.62. The van der Waals surface area contributed by atoms with E-state index in [0.717, 1.165) is 32.8 Å². The maximum absolute atomic E-state index is 12.3. The summed E-state index contributed by atoms with van der Waals surface area (Å²) in [4.78, 5) is 8.41. The molecule has 2 rings (SSSR count). The van der Waals surface area contributed by atoms with Crippen molar-refractivity contribution in [2.24, 2.45) is 4.99 Å². The SMILES string of the molecule is C=S(C)(=O)Nc1cc(N=CN(C)C)c(C#N)c(C)c1OCCN1CCOCC1. The second-order valence-electron chi connectivity index (χ2n) is 7.00. The number of hydrogen-bond donors (Lipinski definition) is 1. The fourth-order valence-corrected chi connectivity index (χ4v) is 3.42. The first kappa shape index (κ1) is 22.0. The van der Waals surface area contributed by atoms with E-state index < -0.39 is 9.71 Å². The molecule has 1 saturated heterocycles. The molecule has 0 radical (unpaired) electrons. The van der Waals surface area contributed by atoms with Gasteiger partial charge in [-0.25, -0.2) is 9.20 Å². The Balaban J connectivity index is 2.33. The average molecular weight is 408 g/mol. The summed E-state index contributed by atoms with van der Waals surface area (Å²) in [5.41, 5.74) is 2.09. The molecule has 1 aliphatic heterocycles. The molecule has 1 unspecified atom stereocenters. The highest BCUT2D eigenvalue weighted by molar-refractivity contribution is 8.00. The van der Waals surface area contributed by atoms with Crippen LogP contribution >= 0.6 is 0 Å². The summed E-state index contributed by atoms with van der Waals surface area (Å²) in [6, 6.07) is 3.89. The quantitative estimate of drug-likeness (QED) is 0.399. The van der Waals surface area contributed by atoms with Crippen LogP contribution in [0.25, 0.3) is 0 Å². The van der Waals surface area contributed by atoms with Gasteiger partial charge in [-0.15, -0.1) is 0 Å². The summed E-state index contributed by atoms with van der Waals surface area (Å²) in [5, 5.41) is 9.64. The van der Waals surface area contributed by atoms with Crippen LogP contribution in [0.5, 0.6) is 5.75 Å².